The summed E-state index contributed by atoms with van der Waals surface area (Å²) in [5.74, 6) is -1.03. The molecule has 23 heavy (non-hydrogen) atoms. The highest BCUT2D eigenvalue weighted by atomic mass is 32.1. The van der Waals surface area contributed by atoms with Gasteiger partial charge in [-0.3, -0.25) is 9.59 Å². The standard InChI is InChI=1S/C16H12N2O3S2/c19-14(20)8-12-9-23-16(18-12)10-3-5-11(6-4-10)17-15(21)13-2-1-7-22-13/h1-7,9H,8H2,(H,17,21)(H,19,20). The van der Waals surface area contributed by atoms with Gasteiger partial charge in [0.05, 0.1) is 17.0 Å². The fraction of sp³-hybridized carbons (Fsp3) is 0.0625. The van der Waals surface area contributed by atoms with Gasteiger partial charge in [0.2, 0.25) is 0 Å². The molecule has 0 spiro atoms. The third kappa shape index (κ3) is 3.82. The van der Waals surface area contributed by atoms with Crippen molar-refractivity contribution in [2.75, 3.05) is 5.32 Å². The smallest absolute Gasteiger partial charge is 0.309 e. The van der Waals surface area contributed by atoms with Gasteiger partial charge in [-0.15, -0.1) is 22.7 Å². The molecule has 0 aliphatic rings. The third-order valence-corrected chi connectivity index (χ3v) is 4.83. The lowest BCUT2D eigenvalue weighted by atomic mass is 10.2. The van der Waals surface area contributed by atoms with Crippen LogP contribution in [-0.2, 0) is 11.2 Å². The van der Waals surface area contributed by atoms with Gasteiger partial charge in [-0.05, 0) is 35.7 Å². The molecule has 5 nitrogen and oxygen atoms in total. The maximum Gasteiger partial charge on any atom is 0.309 e. The van der Waals surface area contributed by atoms with Crippen molar-refractivity contribution in [1.82, 2.24) is 4.98 Å². The predicted molar refractivity (Wildman–Crippen MR) is 91.2 cm³/mol. The summed E-state index contributed by atoms with van der Waals surface area (Å²) >= 11 is 2.79. The van der Waals surface area contributed by atoms with Gasteiger partial charge in [-0.1, -0.05) is 6.07 Å². The minimum Gasteiger partial charge on any atom is -0.481 e. The van der Waals surface area contributed by atoms with Gasteiger partial charge in [0.1, 0.15) is 5.01 Å². The molecule has 2 N–H and O–H groups in total. The minimum absolute atomic E-state index is 0.0779. The second kappa shape index (κ2) is 6.72. The largest absolute Gasteiger partial charge is 0.481 e. The van der Waals surface area contributed by atoms with E-state index in [9.17, 15) is 9.59 Å². The van der Waals surface area contributed by atoms with Gasteiger partial charge < -0.3 is 10.4 Å². The molecule has 0 aliphatic carbocycles. The number of rotatable bonds is 5. The highest BCUT2D eigenvalue weighted by Gasteiger charge is 2.09. The second-order valence-corrected chi connectivity index (χ2v) is 6.53. The number of aromatic nitrogens is 1. The van der Waals surface area contributed by atoms with E-state index in [0.717, 1.165) is 10.6 Å². The normalized spacial score (nSPS) is 10.4. The number of benzene rings is 1. The average Bonchev–Trinajstić information content (AvgIpc) is 3.19. The summed E-state index contributed by atoms with van der Waals surface area (Å²) in [5.41, 5.74) is 2.14. The molecule has 0 saturated heterocycles. The zero-order valence-corrected chi connectivity index (χ0v) is 13.5. The van der Waals surface area contributed by atoms with Crippen LogP contribution in [0, 0.1) is 0 Å². The van der Waals surface area contributed by atoms with Gasteiger partial charge in [0, 0.05) is 16.6 Å². The molecule has 1 aromatic carbocycles. The average molecular weight is 344 g/mol. The van der Waals surface area contributed by atoms with E-state index in [-0.39, 0.29) is 12.3 Å². The van der Waals surface area contributed by atoms with Crippen molar-refractivity contribution >= 4 is 40.2 Å². The Balaban J connectivity index is 1.70. The maximum absolute atomic E-state index is 12.0. The Labute approximate surface area is 140 Å². The zero-order chi connectivity index (χ0) is 16.2. The molecule has 0 unspecified atom stereocenters. The Kier molecular flexibility index (Phi) is 4.50. The van der Waals surface area contributed by atoms with Crippen LogP contribution in [0.4, 0.5) is 5.69 Å². The molecule has 0 radical (unpaired) electrons. The van der Waals surface area contributed by atoms with Crippen LogP contribution in [0.15, 0.2) is 47.2 Å². The number of hydrogen-bond acceptors (Lipinski definition) is 5. The summed E-state index contributed by atoms with van der Waals surface area (Å²) in [6, 6.07) is 10.9. The van der Waals surface area contributed by atoms with Gasteiger partial charge in [0.25, 0.3) is 5.91 Å². The van der Waals surface area contributed by atoms with E-state index in [1.807, 2.05) is 23.6 Å². The van der Waals surface area contributed by atoms with Gasteiger partial charge in [-0.25, -0.2) is 4.98 Å². The van der Waals surface area contributed by atoms with Crippen molar-refractivity contribution in [3.63, 3.8) is 0 Å². The molecule has 0 atom stereocenters. The van der Waals surface area contributed by atoms with Crippen molar-refractivity contribution in [1.29, 1.82) is 0 Å². The number of carbonyl (C=O) groups is 2. The summed E-state index contributed by atoms with van der Waals surface area (Å²) in [5, 5.41) is 16.0. The quantitative estimate of drug-likeness (QED) is 0.739. The molecule has 2 heterocycles. The number of amides is 1. The van der Waals surface area contributed by atoms with Crippen LogP contribution in [-0.4, -0.2) is 22.0 Å². The van der Waals surface area contributed by atoms with Crippen LogP contribution in [0.3, 0.4) is 0 Å². The van der Waals surface area contributed by atoms with Crippen molar-refractivity contribution in [3.8, 4) is 10.6 Å². The molecule has 3 aromatic rings. The number of carboxylic acids is 1. The Morgan fingerprint density at radius 1 is 1.13 bits per heavy atom. The fourth-order valence-electron chi connectivity index (χ4n) is 1.97. The summed E-state index contributed by atoms with van der Waals surface area (Å²) in [6.07, 6.45) is -0.0779. The topological polar surface area (TPSA) is 79.3 Å². The molecule has 2 aromatic heterocycles. The number of hydrogen-bond donors (Lipinski definition) is 2. The van der Waals surface area contributed by atoms with Crippen LogP contribution in [0.25, 0.3) is 10.6 Å². The number of nitrogens with one attached hydrogen (secondary N) is 1. The SMILES string of the molecule is O=C(O)Cc1csc(-c2ccc(NC(=O)c3cccs3)cc2)n1. The van der Waals surface area contributed by atoms with E-state index >= 15 is 0 Å². The Bertz CT molecular complexity index is 823. The molecule has 7 heteroatoms. The van der Waals surface area contributed by atoms with Crippen LogP contribution in [0.2, 0.25) is 0 Å². The second-order valence-electron chi connectivity index (χ2n) is 4.72. The molecular formula is C16H12N2O3S2. The summed E-state index contributed by atoms with van der Waals surface area (Å²) in [6.45, 7) is 0. The van der Waals surface area contributed by atoms with Crippen LogP contribution >= 0.6 is 22.7 Å². The number of nitrogens with zero attached hydrogens (tertiary/aromatic N) is 1. The first-order valence-electron chi connectivity index (χ1n) is 6.73. The first kappa shape index (κ1) is 15.4. The fourth-order valence-corrected chi connectivity index (χ4v) is 3.42. The number of aliphatic carboxylic acids is 1. The lowest BCUT2D eigenvalue weighted by molar-refractivity contribution is -0.136. The Morgan fingerprint density at radius 3 is 2.57 bits per heavy atom. The zero-order valence-electron chi connectivity index (χ0n) is 11.9. The van der Waals surface area contributed by atoms with E-state index in [1.54, 1.807) is 23.6 Å². The van der Waals surface area contributed by atoms with Crippen LogP contribution in [0.5, 0.6) is 0 Å². The molecule has 116 valence electrons. The van der Waals surface area contributed by atoms with Crippen LogP contribution < -0.4 is 5.32 Å². The monoisotopic (exact) mass is 344 g/mol. The molecular weight excluding hydrogens is 332 g/mol. The van der Waals surface area contributed by atoms with Gasteiger partial charge in [0.15, 0.2) is 0 Å². The first-order chi connectivity index (χ1) is 11.1. The summed E-state index contributed by atoms with van der Waals surface area (Å²) < 4.78 is 0. The van der Waals surface area contributed by atoms with Crippen molar-refractivity contribution in [2.24, 2.45) is 0 Å². The summed E-state index contributed by atoms with van der Waals surface area (Å²) in [4.78, 5) is 27.6. The van der Waals surface area contributed by atoms with Crippen LogP contribution in [0.1, 0.15) is 15.4 Å². The lowest BCUT2D eigenvalue weighted by Gasteiger charge is -2.04. The molecule has 0 saturated carbocycles. The number of anilines is 1. The predicted octanol–water partition coefficient (Wildman–Crippen LogP) is 3.75. The molecule has 3 rings (SSSR count). The Morgan fingerprint density at radius 2 is 1.91 bits per heavy atom. The number of thiophene rings is 1. The van der Waals surface area contributed by atoms with Gasteiger partial charge >= 0.3 is 5.97 Å². The lowest BCUT2D eigenvalue weighted by Crippen LogP contribution is -2.09. The van der Waals surface area contributed by atoms with E-state index < -0.39 is 5.97 Å². The molecule has 0 fully saturated rings. The van der Waals surface area contributed by atoms with E-state index in [1.165, 1.54) is 22.7 Å². The minimum atomic E-state index is -0.895. The van der Waals surface area contributed by atoms with Crippen molar-refractivity contribution < 1.29 is 14.7 Å². The third-order valence-electron chi connectivity index (χ3n) is 3.02. The first-order valence-corrected chi connectivity index (χ1v) is 8.49. The molecule has 0 bridgehead atoms. The number of thiazole rings is 1. The Hall–Kier alpha value is -2.51. The van der Waals surface area contributed by atoms with E-state index in [0.29, 0.717) is 16.3 Å². The highest BCUT2D eigenvalue weighted by Crippen LogP contribution is 2.25. The van der Waals surface area contributed by atoms with Crippen molar-refractivity contribution in [2.45, 2.75) is 6.42 Å². The van der Waals surface area contributed by atoms with Crippen molar-refractivity contribution in [3.05, 3.63) is 57.7 Å². The summed E-state index contributed by atoms with van der Waals surface area (Å²) in [7, 11) is 0. The number of carboxylic acid groups (broad SMARTS) is 1. The van der Waals surface area contributed by atoms with E-state index in [2.05, 4.69) is 10.3 Å². The molecule has 0 aliphatic heterocycles. The highest BCUT2D eigenvalue weighted by molar-refractivity contribution is 7.13. The number of carbonyl (C=O) groups excluding carboxylic acids is 1. The van der Waals surface area contributed by atoms with E-state index in [4.69, 9.17) is 5.11 Å². The molecule has 1 amide bonds. The van der Waals surface area contributed by atoms with Gasteiger partial charge in [-0.2, -0.15) is 0 Å². The maximum atomic E-state index is 12.0.